The Hall–Kier alpha value is -2.22. The van der Waals surface area contributed by atoms with Crippen molar-refractivity contribution in [1.29, 1.82) is 5.26 Å². The summed E-state index contributed by atoms with van der Waals surface area (Å²) in [6.07, 6.45) is 1.52. The van der Waals surface area contributed by atoms with Gasteiger partial charge in [0, 0.05) is 5.56 Å². The van der Waals surface area contributed by atoms with Crippen LogP contribution in [0.25, 0.3) is 0 Å². The number of nitriles is 1. The van der Waals surface area contributed by atoms with Crippen molar-refractivity contribution >= 4 is 11.6 Å². The summed E-state index contributed by atoms with van der Waals surface area (Å²) < 4.78 is 0. The quantitative estimate of drug-likeness (QED) is 0.541. The molecule has 0 atom stereocenters. The normalized spacial score (nSPS) is 9.77. The molecule has 0 bridgehead atoms. The Kier molecular flexibility index (Phi) is 2.71. The first-order valence-electron chi connectivity index (χ1n) is 3.43. The Morgan fingerprint density at radius 2 is 2.00 bits per heavy atom. The molecule has 0 saturated carbocycles. The predicted molar refractivity (Wildman–Crippen MR) is 45.1 cm³/mol. The fraction of sp³-hybridized carbons (Fsp3) is 0. The van der Waals surface area contributed by atoms with Gasteiger partial charge in [-0.15, -0.1) is 5.11 Å². The lowest BCUT2D eigenvalue weighted by molar-refractivity contribution is 0.100. The zero-order valence-corrected chi connectivity index (χ0v) is 6.64. The fourth-order valence-corrected chi connectivity index (χ4v) is 0.772. The van der Waals surface area contributed by atoms with Crippen LogP contribution in [-0.2, 0) is 0 Å². The summed E-state index contributed by atoms with van der Waals surface area (Å²) in [7, 11) is 0. The van der Waals surface area contributed by atoms with E-state index in [9.17, 15) is 4.79 Å². The van der Waals surface area contributed by atoms with Gasteiger partial charge in [-0.05, 0) is 24.3 Å². The van der Waals surface area contributed by atoms with Crippen LogP contribution in [0.5, 0.6) is 0 Å². The van der Waals surface area contributed by atoms with Gasteiger partial charge in [0.2, 0.25) is 12.1 Å². The van der Waals surface area contributed by atoms with Gasteiger partial charge >= 0.3 is 0 Å². The molecule has 64 valence electrons. The third-order valence-corrected chi connectivity index (χ3v) is 1.36. The summed E-state index contributed by atoms with van der Waals surface area (Å²) in [5.74, 6) is -0.497. The molecule has 0 aliphatic carbocycles. The summed E-state index contributed by atoms with van der Waals surface area (Å²) in [6.45, 7) is 0. The van der Waals surface area contributed by atoms with Gasteiger partial charge in [-0.25, -0.2) is 0 Å². The molecule has 2 N–H and O–H groups in total. The van der Waals surface area contributed by atoms with Crippen molar-refractivity contribution in [1.82, 2.24) is 0 Å². The molecule has 0 spiro atoms. The second-order valence-electron chi connectivity index (χ2n) is 2.21. The van der Waals surface area contributed by atoms with Crippen LogP contribution in [-0.4, -0.2) is 5.91 Å². The van der Waals surface area contributed by atoms with E-state index in [2.05, 4.69) is 10.2 Å². The van der Waals surface area contributed by atoms with E-state index in [1.807, 2.05) is 0 Å². The van der Waals surface area contributed by atoms with E-state index in [0.29, 0.717) is 11.3 Å². The van der Waals surface area contributed by atoms with Crippen molar-refractivity contribution in [3.63, 3.8) is 0 Å². The number of nitrogens with two attached hydrogens (primary N) is 1. The van der Waals surface area contributed by atoms with Crippen molar-refractivity contribution in [3.05, 3.63) is 29.8 Å². The Bertz CT molecular complexity index is 374. The van der Waals surface area contributed by atoms with Crippen LogP contribution in [0.4, 0.5) is 5.69 Å². The van der Waals surface area contributed by atoms with Crippen molar-refractivity contribution in [2.75, 3.05) is 0 Å². The number of amides is 1. The maximum atomic E-state index is 10.6. The second-order valence-corrected chi connectivity index (χ2v) is 2.21. The van der Waals surface area contributed by atoms with Crippen LogP contribution in [0, 0.1) is 11.5 Å². The first kappa shape index (κ1) is 8.87. The Balaban J connectivity index is 2.89. The molecule has 0 aromatic heterocycles. The Morgan fingerprint density at radius 3 is 2.46 bits per heavy atom. The number of benzene rings is 1. The van der Waals surface area contributed by atoms with Crippen LogP contribution in [0.1, 0.15) is 10.4 Å². The van der Waals surface area contributed by atoms with Crippen LogP contribution in [0.15, 0.2) is 34.5 Å². The Morgan fingerprint density at radius 1 is 1.38 bits per heavy atom. The average Bonchev–Trinajstić information content (AvgIpc) is 2.15. The zero-order valence-electron chi connectivity index (χ0n) is 6.64. The predicted octanol–water partition coefficient (Wildman–Crippen LogP) is 1.35. The molecule has 0 aliphatic heterocycles. The van der Waals surface area contributed by atoms with E-state index in [-0.39, 0.29) is 0 Å². The molecular formula is C8H6N4O. The molecule has 0 saturated heterocycles. The molecule has 1 aromatic carbocycles. The van der Waals surface area contributed by atoms with Crippen molar-refractivity contribution in [2.45, 2.75) is 0 Å². The highest BCUT2D eigenvalue weighted by Gasteiger charge is 1.98. The highest BCUT2D eigenvalue weighted by Crippen LogP contribution is 2.12. The lowest BCUT2D eigenvalue weighted by atomic mass is 10.2. The summed E-state index contributed by atoms with van der Waals surface area (Å²) in [4.78, 5) is 10.6. The lowest BCUT2D eigenvalue weighted by Crippen LogP contribution is -2.10. The standard InChI is InChI=1S/C8H6N4O/c9-5-11-12-7-3-1-6(2-4-7)8(10)13/h1-4H,(H2,10,13). The monoisotopic (exact) mass is 174 g/mol. The van der Waals surface area contributed by atoms with Gasteiger partial charge in [-0.2, -0.15) is 5.26 Å². The second kappa shape index (κ2) is 3.97. The van der Waals surface area contributed by atoms with E-state index < -0.39 is 5.91 Å². The van der Waals surface area contributed by atoms with Gasteiger partial charge in [-0.1, -0.05) is 5.11 Å². The van der Waals surface area contributed by atoms with E-state index in [1.165, 1.54) is 18.3 Å². The number of primary amides is 1. The molecule has 5 nitrogen and oxygen atoms in total. The number of hydrogen-bond donors (Lipinski definition) is 1. The van der Waals surface area contributed by atoms with Crippen molar-refractivity contribution in [3.8, 4) is 6.19 Å². The van der Waals surface area contributed by atoms with Crippen molar-refractivity contribution < 1.29 is 4.79 Å². The number of nitrogens with zero attached hydrogens (tertiary/aromatic N) is 3. The maximum Gasteiger partial charge on any atom is 0.248 e. The summed E-state index contributed by atoms with van der Waals surface area (Å²) in [5.41, 5.74) is 5.92. The molecular weight excluding hydrogens is 168 g/mol. The van der Waals surface area contributed by atoms with Gasteiger partial charge in [0.25, 0.3) is 0 Å². The molecule has 1 aromatic rings. The van der Waals surface area contributed by atoms with Crippen LogP contribution in [0.2, 0.25) is 0 Å². The van der Waals surface area contributed by atoms with E-state index in [1.54, 1.807) is 12.1 Å². The average molecular weight is 174 g/mol. The Labute approximate surface area is 74.5 Å². The fourth-order valence-electron chi connectivity index (χ4n) is 0.772. The molecule has 0 fully saturated rings. The molecule has 0 unspecified atom stereocenters. The minimum absolute atomic E-state index is 0.399. The van der Waals surface area contributed by atoms with Crippen molar-refractivity contribution in [2.24, 2.45) is 16.0 Å². The molecule has 5 heteroatoms. The van der Waals surface area contributed by atoms with Gasteiger partial charge in [0.15, 0.2) is 0 Å². The minimum atomic E-state index is -0.497. The highest BCUT2D eigenvalue weighted by molar-refractivity contribution is 5.92. The number of azo groups is 1. The van der Waals surface area contributed by atoms with E-state index in [4.69, 9.17) is 11.0 Å². The number of hydrogen-bond acceptors (Lipinski definition) is 4. The molecule has 0 heterocycles. The highest BCUT2D eigenvalue weighted by atomic mass is 16.1. The number of rotatable bonds is 2. The van der Waals surface area contributed by atoms with E-state index >= 15 is 0 Å². The van der Waals surface area contributed by atoms with Gasteiger partial charge < -0.3 is 5.73 Å². The first-order chi connectivity index (χ1) is 6.24. The summed E-state index contributed by atoms with van der Waals surface area (Å²) in [5, 5.41) is 14.8. The smallest absolute Gasteiger partial charge is 0.248 e. The summed E-state index contributed by atoms with van der Waals surface area (Å²) in [6, 6.07) is 6.16. The minimum Gasteiger partial charge on any atom is -0.366 e. The molecule has 0 radical (unpaired) electrons. The third-order valence-electron chi connectivity index (χ3n) is 1.36. The lowest BCUT2D eigenvalue weighted by Gasteiger charge is -1.93. The maximum absolute atomic E-state index is 10.6. The first-order valence-corrected chi connectivity index (χ1v) is 3.43. The molecule has 1 amide bonds. The van der Waals surface area contributed by atoms with Crippen LogP contribution >= 0.6 is 0 Å². The summed E-state index contributed by atoms with van der Waals surface area (Å²) >= 11 is 0. The molecule has 0 aliphatic rings. The van der Waals surface area contributed by atoms with Gasteiger partial charge in [-0.3, -0.25) is 4.79 Å². The molecule has 13 heavy (non-hydrogen) atoms. The van der Waals surface area contributed by atoms with Gasteiger partial charge in [0.05, 0.1) is 5.69 Å². The molecule has 1 rings (SSSR count). The van der Waals surface area contributed by atoms with Crippen LogP contribution < -0.4 is 5.73 Å². The SMILES string of the molecule is N#CN=Nc1ccc(C(N)=O)cc1. The topological polar surface area (TPSA) is 91.6 Å². The number of carbonyl (C=O) groups is 1. The zero-order chi connectivity index (χ0) is 9.68. The number of carbonyl (C=O) groups excluding carboxylic acids is 1. The van der Waals surface area contributed by atoms with Crippen LogP contribution in [0.3, 0.4) is 0 Å². The van der Waals surface area contributed by atoms with E-state index in [0.717, 1.165) is 0 Å². The third kappa shape index (κ3) is 2.38. The van der Waals surface area contributed by atoms with Gasteiger partial charge in [0.1, 0.15) is 0 Å². The largest absolute Gasteiger partial charge is 0.366 e.